The number of hydrogen-bond donors (Lipinski definition) is 4. The van der Waals surface area contributed by atoms with Crippen molar-refractivity contribution in [1.29, 1.82) is 0 Å². The predicted molar refractivity (Wildman–Crippen MR) is 125 cm³/mol. The molecule has 0 unspecified atom stereocenters. The first-order valence-corrected chi connectivity index (χ1v) is 12.0. The molecular formula is C26H32O10. The van der Waals surface area contributed by atoms with Gasteiger partial charge in [0, 0.05) is 36.8 Å². The molecule has 4 N–H and O–H groups in total. The van der Waals surface area contributed by atoms with Gasteiger partial charge in [-0.25, -0.2) is 0 Å². The number of aliphatic hydroxyl groups is 4. The molecule has 196 valence electrons. The van der Waals surface area contributed by atoms with Crippen molar-refractivity contribution in [2.24, 2.45) is 0 Å². The Labute approximate surface area is 207 Å². The molecule has 0 radical (unpaired) electrons. The fraction of sp³-hybridized carbons (Fsp3) is 0.538. The Balaban J connectivity index is 0.000000201. The van der Waals surface area contributed by atoms with E-state index < -0.39 is 35.0 Å². The van der Waals surface area contributed by atoms with Gasteiger partial charge in [0.15, 0.2) is 45.9 Å². The molecule has 0 bridgehead atoms. The molecule has 4 rings (SSSR count). The smallest absolute Gasteiger partial charge is 0.200 e. The number of carbonyl (C=O) groups excluding carboxylic acids is 4. The van der Waals surface area contributed by atoms with E-state index in [1.54, 1.807) is 0 Å². The quantitative estimate of drug-likeness (QED) is 0.427. The van der Waals surface area contributed by atoms with E-state index in [4.69, 9.17) is 8.83 Å². The minimum Gasteiger partial charge on any atom is -0.460 e. The molecule has 2 heterocycles. The van der Waals surface area contributed by atoms with Crippen molar-refractivity contribution in [2.45, 2.75) is 89.6 Å². The van der Waals surface area contributed by atoms with E-state index in [9.17, 15) is 39.6 Å². The van der Waals surface area contributed by atoms with Gasteiger partial charge < -0.3 is 29.3 Å². The van der Waals surface area contributed by atoms with Gasteiger partial charge >= 0.3 is 0 Å². The van der Waals surface area contributed by atoms with Crippen LogP contribution in [0.15, 0.2) is 21.4 Å². The molecule has 0 spiro atoms. The van der Waals surface area contributed by atoms with E-state index in [1.165, 1.54) is 26.4 Å². The van der Waals surface area contributed by atoms with Gasteiger partial charge in [0.2, 0.25) is 0 Å². The van der Waals surface area contributed by atoms with Crippen LogP contribution in [0.4, 0.5) is 0 Å². The summed E-state index contributed by atoms with van der Waals surface area (Å²) in [6.45, 7) is 6.28. The minimum absolute atomic E-state index is 0.0510. The van der Waals surface area contributed by atoms with Crippen LogP contribution in [0.5, 0.6) is 0 Å². The van der Waals surface area contributed by atoms with Crippen molar-refractivity contribution in [3.63, 3.8) is 0 Å². The molecule has 0 saturated carbocycles. The van der Waals surface area contributed by atoms with Crippen molar-refractivity contribution in [2.75, 3.05) is 0 Å². The van der Waals surface area contributed by atoms with Crippen LogP contribution >= 0.6 is 0 Å². The van der Waals surface area contributed by atoms with Gasteiger partial charge in [-0.1, -0.05) is 13.8 Å². The number of ketones is 4. The Kier molecular flexibility index (Phi) is 7.85. The first kappa shape index (κ1) is 27.7. The third-order valence-electron chi connectivity index (χ3n) is 6.75. The third kappa shape index (κ3) is 4.73. The van der Waals surface area contributed by atoms with E-state index in [0.29, 0.717) is 36.8 Å². The summed E-state index contributed by atoms with van der Waals surface area (Å²) in [5, 5.41) is 39.3. The summed E-state index contributed by atoms with van der Waals surface area (Å²) in [6, 6.07) is 0. The summed E-state index contributed by atoms with van der Waals surface area (Å²) in [6.07, 6.45) is 2.09. The van der Waals surface area contributed by atoms with Crippen molar-refractivity contribution < 1.29 is 48.4 Å². The molecule has 2 aliphatic rings. The summed E-state index contributed by atoms with van der Waals surface area (Å²) in [7, 11) is 0. The van der Waals surface area contributed by atoms with E-state index in [-0.39, 0.29) is 47.1 Å². The Bertz CT molecular complexity index is 1090. The monoisotopic (exact) mass is 504 g/mol. The van der Waals surface area contributed by atoms with Crippen LogP contribution in [0.3, 0.4) is 0 Å². The molecule has 10 nitrogen and oxygen atoms in total. The standard InChI is InChI=1S/2C13H16O5/c2*1-3-4-9(14)11-7-5-10(15)13(2,17)12(16)8(7)6-18-11/h2*6,10,15,17H,3-5H2,1-2H3/t2*10-,13+/m11/s1. The zero-order chi connectivity index (χ0) is 27.0. The second kappa shape index (κ2) is 10.2. The maximum Gasteiger partial charge on any atom is 0.200 e. The highest BCUT2D eigenvalue weighted by Gasteiger charge is 2.47. The van der Waals surface area contributed by atoms with Crippen LogP contribution in [0.2, 0.25) is 0 Å². The van der Waals surface area contributed by atoms with Gasteiger partial charge in [-0.15, -0.1) is 0 Å². The van der Waals surface area contributed by atoms with Gasteiger partial charge in [-0.2, -0.15) is 0 Å². The number of carbonyl (C=O) groups is 4. The zero-order valence-electron chi connectivity index (χ0n) is 20.8. The lowest BCUT2D eigenvalue weighted by atomic mass is 9.79. The number of hydrogen-bond acceptors (Lipinski definition) is 10. The van der Waals surface area contributed by atoms with E-state index in [1.807, 2.05) is 13.8 Å². The fourth-order valence-electron chi connectivity index (χ4n) is 4.33. The number of aliphatic hydroxyl groups excluding tert-OH is 2. The van der Waals surface area contributed by atoms with Crippen molar-refractivity contribution in [3.05, 3.63) is 46.3 Å². The third-order valence-corrected chi connectivity index (χ3v) is 6.75. The number of furan rings is 2. The molecule has 4 atom stereocenters. The van der Waals surface area contributed by atoms with Gasteiger partial charge in [-0.3, -0.25) is 19.2 Å². The lowest BCUT2D eigenvalue weighted by Crippen LogP contribution is -2.51. The molecule has 0 amide bonds. The zero-order valence-corrected chi connectivity index (χ0v) is 20.8. The van der Waals surface area contributed by atoms with Crippen LogP contribution < -0.4 is 0 Å². The van der Waals surface area contributed by atoms with E-state index in [0.717, 1.165) is 0 Å². The highest BCUT2D eigenvalue weighted by Crippen LogP contribution is 2.34. The van der Waals surface area contributed by atoms with E-state index >= 15 is 0 Å². The highest BCUT2D eigenvalue weighted by molar-refractivity contribution is 6.08. The molecule has 36 heavy (non-hydrogen) atoms. The summed E-state index contributed by atoms with van der Waals surface area (Å²) in [5.74, 6) is -1.30. The molecule has 10 heteroatoms. The number of fused-ring (bicyclic) bond motifs is 2. The van der Waals surface area contributed by atoms with Gasteiger partial charge in [0.05, 0.1) is 23.3 Å². The van der Waals surface area contributed by atoms with Crippen molar-refractivity contribution in [3.8, 4) is 0 Å². The van der Waals surface area contributed by atoms with Crippen LogP contribution in [0.1, 0.15) is 106 Å². The van der Waals surface area contributed by atoms with E-state index in [2.05, 4.69) is 0 Å². The molecule has 2 aromatic rings. The molecule has 2 aromatic heterocycles. The summed E-state index contributed by atoms with van der Waals surface area (Å²) in [4.78, 5) is 47.5. The molecule has 2 aliphatic carbocycles. The number of rotatable bonds is 6. The Morgan fingerprint density at radius 1 is 0.806 bits per heavy atom. The lowest BCUT2D eigenvalue weighted by Gasteiger charge is -2.31. The topological polar surface area (TPSA) is 175 Å². The summed E-state index contributed by atoms with van der Waals surface area (Å²) in [5.41, 5.74) is -2.41. The minimum atomic E-state index is -1.82. The van der Waals surface area contributed by atoms with Gasteiger partial charge in [-0.05, 0) is 26.7 Å². The normalized spacial score (nSPS) is 27.1. The molecule has 0 fully saturated rings. The molecular weight excluding hydrogens is 472 g/mol. The maximum atomic E-state index is 12.0. The van der Waals surface area contributed by atoms with Crippen LogP contribution in [0.25, 0.3) is 0 Å². The van der Waals surface area contributed by atoms with Gasteiger partial charge in [0.1, 0.15) is 12.5 Å². The molecule has 0 saturated heterocycles. The fourth-order valence-corrected chi connectivity index (χ4v) is 4.33. The van der Waals surface area contributed by atoms with Crippen LogP contribution in [-0.4, -0.2) is 67.0 Å². The van der Waals surface area contributed by atoms with Crippen molar-refractivity contribution >= 4 is 23.1 Å². The summed E-state index contributed by atoms with van der Waals surface area (Å²) < 4.78 is 10.3. The predicted octanol–water partition coefficient (Wildman–Crippen LogP) is 2.23. The average Bonchev–Trinajstić information content (AvgIpc) is 3.42. The number of Topliss-reactive ketones (excluding diaryl/α,β-unsaturated/α-hetero) is 4. The SMILES string of the molecule is CCCC(=O)c1occ2c1C[C@@H](O)[C@](C)(O)C2=O.CCCC(=O)c1occ2c1C[C@@H](O)[C@](C)(O)C2=O. The summed E-state index contributed by atoms with van der Waals surface area (Å²) >= 11 is 0. The Hall–Kier alpha value is -2.92. The second-order valence-corrected chi connectivity index (χ2v) is 9.65. The van der Waals surface area contributed by atoms with Gasteiger partial charge in [0.25, 0.3) is 0 Å². The Morgan fingerprint density at radius 3 is 1.44 bits per heavy atom. The largest absolute Gasteiger partial charge is 0.460 e. The van der Waals surface area contributed by atoms with Crippen molar-refractivity contribution in [1.82, 2.24) is 0 Å². The molecule has 0 aliphatic heterocycles. The Morgan fingerprint density at radius 2 is 1.14 bits per heavy atom. The first-order valence-electron chi connectivity index (χ1n) is 12.0. The average molecular weight is 505 g/mol. The lowest BCUT2D eigenvalue weighted by molar-refractivity contribution is -0.0427. The second-order valence-electron chi connectivity index (χ2n) is 9.65. The first-order chi connectivity index (χ1) is 16.8. The highest BCUT2D eigenvalue weighted by atomic mass is 16.4. The van der Waals surface area contributed by atoms with Crippen LogP contribution in [-0.2, 0) is 12.8 Å². The van der Waals surface area contributed by atoms with Crippen LogP contribution in [0, 0.1) is 0 Å². The maximum absolute atomic E-state index is 12.0. The molecule has 0 aromatic carbocycles.